The Hall–Kier alpha value is -5.08. The molecule has 2 aromatic carbocycles. The molecule has 54 heavy (non-hydrogen) atoms. The van der Waals surface area contributed by atoms with Crippen molar-refractivity contribution in [1.82, 2.24) is 30.2 Å². The zero-order chi connectivity index (χ0) is 36.7. The fourth-order valence-corrected chi connectivity index (χ4v) is 10.1. The van der Waals surface area contributed by atoms with Crippen LogP contribution in [-0.2, 0) is 9.59 Å². The molecular formula is C40H45N9O5. The summed E-state index contributed by atoms with van der Waals surface area (Å²) < 4.78 is 0. The van der Waals surface area contributed by atoms with Gasteiger partial charge in [0.05, 0.1) is 28.6 Å². The number of rotatable bonds is 7. The van der Waals surface area contributed by atoms with E-state index in [9.17, 15) is 24.3 Å². The molecule has 14 nitrogen and oxygen atoms in total. The number of nitrogens with one attached hydrogen (secondary N) is 2. The van der Waals surface area contributed by atoms with E-state index in [1.807, 2.05) is 30.3 Å². The van der Waals surface area contributed by atoms with E-state index in [0.29, 0.717) is 52.1 Å². The number of hydrogen-bond acceptors (Lipinski definition) is 12. The lowest BCUT2D eigenvalue weighted by Crippen LogP contribution is -2.58. The zero-order valence-electron chi connectivity index (χ0n) is 30.2. The zero-order valence-corrected chi connectivity index (χ0v) is 30.2. The summed E-state index contributed by atoms with van der Waals surface area (Å²) in [5.74, 6) is 1.88. The molecule has 1 saturated carbocycles. The molecule has 5 fully saturated rings. The van der Waals surface area contributed by atoms with Crippen LogP contribution in [0.4, 0.5) is 17.2 Å². The Labute approximate surface area is 313 Å². The Morgan fingerprint density at radius 1 is 0.778 bits per heavy atom. The van der Waals surface area contributed by atoms with Gasteiger partial charge in [-0.3, -0.25) is 34.3 Å². The van der Waals surface area contributed by atoms with Crippen LogP contribution in [0.25, 0.3) is 11.3 Å². The van der Waals surface area contributed by atoms with E-state index in [1.165, 1.54) is 12.8 Å². The minimum atomic E-state index is -0.948. The number of benzene rings is 2. The first-order chi connectivity index (χ1) is 26.3. The summed E-state index contributed by atoms with van der Waals surface area (Å²) >= 11 is 0. The lowest BCUT2D eigenvalue weighted by atomic mass is 9.95. The third-order valence-corrected chi connectivity index (χ3v) is 13.2. The number of carbonyl (C=O) groups is 4. The highest BCUT2D eigenvalue weighted by Gasteiger charge is 2.56. The van der Waals surface area contributed by atoms with Gasteiger partial charge in [0.2, 0.25) is 11.8 Å². The Balaban J connectivity index is 0.688. The average molecular weight is 732 g/mol. The van der Waals surface area contributed by atoms with E-state index in [0.717, 1.165) is 87.5 Å². The molecule has 1 aliphatic carbocycles. The minimum absolute atomic E-state index is 0.111. The molecule has 6 aliphatic heterocycles. The minimum Gasteiger partial charge on any atom is -0.507 e. The molecule has 4 amide bonds. The number of amides is 4. The quantitative estimate of drug-likeness (QED) is 0.306. The monoisotopic (exact) mass is 731 g/mol. The van der Waals surface area contributed by atoms with Crippen molar-refractivity contribution < 1.29 is 24.3 Å². The summed E-state index contributed by atoms with van der Waals surface area (Å²) in [5.41, 5.74) is 4.08. The van der Waals surface area contributed by atoms with Gasteiger partial charge in [0, 0.05) is 70.0 Å². The van der Waals surface area contributed by atoms with Gasteiger partial charge in [-0.1, -0.05) is 12.1 Å². The van der Waals surface area contributed by atoms with E-state index in [1.54, 1.807) is 12.1 Å². The van der Waals surface area contributed by atoms with Crippen LogP contribution >= 0.6 is 0 Å². The number of para-hydroxylation sites is 1. The van der Waals surface area contributed by atoms with E-state index in [4.69, 9.17) is 0 Å². The van der Waals surface area contributed by atoms with E-state index in [-0.39, 0.29) is 24.5 Å². The summed E-state index contributed by atoms with van der Waals surface area (Å²) in [5, 5.41) is 25.0. The number of phenols is 1. The summed E-state index contributed by atoms with van der Waals surface area (Å²) in [6, 6.07) is 14.2. The summed E-state index contributed by atoms with van der Waals surface area (Å²) in [6.07, 6.45) is 2.74. The number of fused-ring (bicyclic) bond motifs is 5. The number of anilines is 3. The number of imide groups is 2. The van der Waals surface area contributed by atoms with Crippen LogP contribution in [0.15, 0.2) is 48.5 Å². The molecule has 10 rings (SSSR count). The van der Waals surface area contributed by atoms with Crippen molar-refractivity contribution in [1.29, 1.82) is 0 Å². The molecule has 0 bridgehead atoms. The highest BCUT2D eigenvalue weighted by Crippen LogP contribution is 2.53. The smallest absolute Gasteiger partial charge is 0.262 e. The van der Waals surface area contributed by atoms with Gasteiger partial charge in [-0.25, -0.2) is 0 Å². The largest absolute Gasteiger partial charge is 0.507 e. The normalized spacial score (nSPS) is 28.4. The maximum Gasteiger partial charge on any atom is 0.262 e. The topological polar surface area (TPSA) is 155 Å². The maximum atomic E-state index is 13.3. The van der Waals surface area contributed by atoms with Gasteiger partial charge in [0.1, 0.15) is 11.8 Å². The summed E-state index contributed by atoms with van der Waals surface area (Å²) in [4.78, 5) is 61.7. The van der Waals surface area contributed by atoms with Crippen molar-refractivity contribution in [2.75, 3.05) is 80.6 Å². The molecule has 14 heteroatoms. The third kappa shape index (κ3) is 5.77. The van der Waals surface area contributed by atoms with Crippen molar-refractivity contribution in [3.8, 4) is 17.0 Å². The number of piperidine rings is 3. The fourth-order valence-electron chi connectivity index (χ4n) is 10.1. The number of hydrogen-bond donors (Lipinski definition) is 3. The van der Waals surface area contributed by atoms with Crippen molar-refractivity contribution in [3.05, 3.63) is 59.7 Å². The van der Waals surface area contributed by atoms with Crippen LogP contribution in [-0.4, -0.2) is 131 Å². The molecule has 7 aliphatic rings. The van der Waals surface area contributed by atoms with Gasteiger partial charge >= 0.3 is 0 Å². The molecule has 1 aromatic heterocycles. The molecule has 4 atom stereocenters. The Morgan fingerprint density at radius 3 is 2.37 bits per heavy atom. The summed E-state index contributed by atoms with van der Waals surface area (Å²) in [6.45, 7) is 10.4. The Kier molecular flexibility index (Phi) is 8.09. The van der Waals surface area contributed by atoms with Crippen LogP contribution < -0.4 is 20.4 Å². The molecule has 4 unspecified atom stereocenters. The lowest BCUT2D eigenvalue weighted by molar-refractivity contribution is -0.136. The molecule has 3 N–H and O–H groups in total. The van der Waals surface area contributed by atoms with Gasteiger partial charge in [0.15, 0.2) is 5.82 Å². The van der Waals surface area contributed by atoms with E-state index >= 15 is 0 Å². The number of carbonyl (C=O) groups excluding carboxylic acids is 4. The Bertz CT molecular complexity index is 2040. The van der Waals surface area contributed by atoms with Crippen LogP contribution in [0, 0.1) is 23.7 Å². The number of likely N-dealkylation sites (tertiary alicyclic amines) is 1. The summed E-state index contributed by atoms with van der Waals surface area (Å²) in [7, 11) is 0. The standard InChI is InChI=1S/C40H45N9O5/c50-35-4-2-1-3-27(35)32-16-34-37(44-43-32)41-17-25-19-46(13-14-48(25)34)18-23-9-11-45(12-10-23)20-29-30-21-47(22-31(29)30)24-5-6-26-28(15-24)40(54)49(39(26)53)33-7-8-36(51)42-38(33)52/h1-6,15-16,23,25,29-31,33,50H,7-14,17-22H2,(H,41,44)(H,42,51,52). The molecule has 4 saturated heterocycles. The second-order valence-electron chi connectivity index (χ2n) is 16.3. The predicted molar refractivity (Wildman–Crippen MR) is 200 cm³/mol. The van der Waals surface area contributed by atoms with Crippen LogP contribution in [0.1, 0.15) is 46.4 Å². The Morgan fingerprint density at radius 2 is 1.57 bits per heavy atom. The first-order valence-electron chi connectivity index (χ1n) is 19.5. The van der Waals surface area contributed by atoms with Crippen molar-refractivity contribution >= 4 is 40.8 Å². The van der Waals surface area contributed by atoms with Gasteiger partial charge in [0.25, 0.3) is 11.8 Å². The van der Waals surface area contributed by atoms with Crippen molar-refractivity contribution in [2.45, 2.75) is 37.8 Å². The number of aromatic hydroxyl groups is 1. The number of piperazine rings is 1. The maximum absolute atomic E-state index is 13.3. The van der Waals surface area contributed by atoms with Gasteiger partial charge in [-0.05, 0) is 92.4 Å². The second-order valence-corrected chi connectivity index (χ2v) is 16.3. The second kappa shape index (κ2) is 13.0. The number of phenolic OH excluding ortho intramolecular Hbond substituents is 1. The van der Waals surface area contributed by atoms with Crippen LogP contribution in [0.3, 0.4) is 0 Å². The third-order valence-electron chi connectivity index (χ3n) is 13.2. The molecule has 280 valence electrons. The molecule has 0 spiro atoms. The van der Waals surface area contributed by atoms with Crippen molar-refractivity contribution in [3.63, 3.8) is 0 Å². The lowest BCUT2D eigenvalue weighted by Gasteiger charge is -2.47. The fraction of sp³-hybridized carbons (Fsp3) is 0.500. The number of nitrogens with zero attached hydrogens (tertiary/aromatic N) is 7. The van der Waals surface area contributed by atoms with E-state index < -0.39 is 23.8 Å². The first kappa shape index (κ1) is 33.5. The van der Waals surface area contributed by atoms with Gasteiger partial charge in [-0.15, -0.1) is 10.2 Å². The SMILES string of the molecule is O=C1CCC(N2C(=O)c3ccc(N4CC5C(CN6CCC(CN7CCN8c9cc(-c%10ccccc%10O)nnc9NCC8C7)CC6)C5C4)cc3C2=O)C(=O)N1. The molecule has 7 heterocycles. The van der Waals surface area contributed by atoms with Crippen LogP contribution in [0.5, 0.6) is 5.75 Å². The predicted octanol–water partition coefficient (Wildman–Crippen LogP) is 2.26. The molecule has 3 aromatic rings. The number of aromatic nitrogens is 2. The van der Waals surface area contributed by atoms with Crippen LogP contribution in [0.2, 0.25) is 0 Å². The van der Waals surface area contributed by atoms with Gasteiger partial charge < -0.3 is 25.1 Å². The first-order valence-corrected chi connectivity index (χ1v) is 19.5. The van der Waals surface area contributed by atoms with Crippen molar-refractivity contribution in [2.24, 2.45) is 23.7 Å². The molecular weight excluding hydrogens is 686 g/mol. The average Bonchev–Trinajstić information content (AvgIpc) is 3.48. The molecule has 0 radical (unpaired) electrons. The highest BCUT2D eigenvalue weighted by atomic mass is 16.3. The highest BCUT2D eigenvalue weighted by molar-refractivity contribution is 6.23. The van der Waals surface area contributed by atoms with E-state index in [2.05, 4.69) is 46.5 Å². The van der Waals surface area contributed by atoms with Gasteiger partial charge in [-0.2, -0.15) is 0 Å².